The van der Waals surface area contributed by atoms with Gasteiger partial charge < -0.3 is 10.1 Å². The van der Waals surface area contributed by atoms with Crippen molar-refractivity contribution in [2.24, 2.45) is 0 Å². The van der Waals surface area contributed by atoms with Gasteiger partial charge in [-0.2, -0.15) is 0 Å². The van der Waals surface area contributed by atoms with E-state index < -0.39 is 5.54 Å². The number of nitrogens with zero attached hydrogens (tertiary/aromatic N) is 1. The highest BCUT2D eigenvalue weighted by molar-refractivity contribution is 6.06. The molecule has 3 amide bonds. The number of amides is 3. The fourth-order valence-electron chi connectivity index (χ4n) is 2.05. The van der Waals surface area contributed by atoms with Gasteiger partial charge in [0.2, 0.25) is 0 Å². The first kappa shape index (κ1) is 13.4. The van der Waals surface area contributed by atoms with Crippen molar-refractivity contribution in [3.8, 4) is 5.75 Å². The van der Waals surface area contributed by atoms with Crippen LogP contribution in [-0.4, -0.2) is 36.0 Å². The van der Waals surface area contributed by atoms with Crippen LogP contribution in [0.5, 0.6) is 5.75 Å². The molecule has 2 rings (SSSR count). The van der Waals surface area contributed by atoms with E-state index in [9.17, 15) is 9.59 Å². The van der Waals surface area contributed by atoms with Crippen molar-refractivity contribution in [1.29, 1.82) is 0 Å². The van der Waals surface area contributed by atoms with Crippen LogP contribution in [-0.2, 0) is 11.2 Å². The number of carbonyl (C=O) groups excluding carboxylic acids is 2. The Balaban J connectivity index is 1.98. The number of carbonyl (C=O) groups is 2. The van der Waals surface area contributed by atoms with Crippen LogP contribution in [0.1, 0.15) is 19.4 Å². The zero-order valence-electron chi connectivity index (χ0n) is 11.4. The molecule has 1 aromatic carbocycles. The van der Waals surface area contributed by atoms with E-state index in [-0.39, 0.29) is 11.9 Å². The van der Waals surface area contributed by atoms with Crippen LogP contribution in [0.25, 0.3) is 0 Å². The number of ether oxygens (including phenoxy) is 1. The van der Waals surface area contributed by atoms with E-state index in [2.05, 4.69) is 5.32 Å². The predicted octanol–water partition coefficient (Wildman–Crippen LogP) is 1.57. The topological polar surface area (TPSA) is 58.6 Å². The highest BCUT2D eigenvalue weighted by Crippen LogP contribution is 2.18. The van der Waals surface area contributed by atoms with E-state index in [1.807, 2.05) is 24.3 Å². The molecule has 1 fully saturated rings. The molecule has 0 aliphatic carbocycles. The lowest BCUT2D eigenvalue weighted by Crippen LogP contribution is -2.40. The number of benzene rings is 1. The van der Waals surface area contributed by atoms with Gasteiger partial charge in [-0.05, 0) is 38.0 Å². The van der Waals surface area contributed by atoms with Gasteiger partial charge in [-0.1, -0.05) is 12.1 Å². The first-order valence-electron chi connectivity index (χ1n) is 6.21. The van der Waals surface area contributed by atoms with Gasteiger partial charge in [0.25, 0.3) is 5.91 Å². The molecule has 0 unspecified atom stereocenters. The number of urea groups is 1. The van der Waals surface area contributed by atoms with Crippen molar-refractivity contribution in [2.45, 2.75) is 25.8 Å². The maximum absolute atomic E-state index is 12.0. The van der Waals surface area contributed by atoms with Gasteiger partial charge in [0.15, 0.2) is 0 Å². The minimum Gasteiger partial charge on any atom is -0.497 e. The number of hydrogen-bond donors (Lipinski definition) is 1. The Bertz CT molecular complexity index is 494. The molecule has 0 saturated carbocycles. The highest BCUT2D eigenvalue weighted by Gasteiger charge is 2.43. The first-order chi connectivity index (χ1) is 8.94. The standard InChI is InChI=1S/C14H18N2O3/c1-14(2)12(17)16(13(18)15-14)9-8-10-4-6-11(19-3)7-5-10/h4-7H,8-9H2,1-3H3,(H,15,18). The normalized spacial score (nSPS) is 17.5. The second kappa shape index (κ2) is 4.91. The van der Waals surface area contributed by atoms with Gasteiger partial charge in [0, 0.05) is 6.54 Å². The van der Waals surface area contributed by atoms with Crippen LogP contribution in [0.2, 0.25) is 0 Å². The second-order valence-electron chi connectivity index (χ2n) is 5.11. The summed E-state index contributed by atoms with van der Waals surface area (Å²) in [6, 6.07) is 7.28. The van der Waals surface area contributed by atoms with Gasteiger partial charge in [-0.15, -0.1) is 0 Å². The van der Waals surface area contributed by atoms with Crippen LogP contribution in [0.15, 0.2) is 24.3 Å². The summed E-state index contributed by atoms with van der Waals surface area (Å²) in [6.07, 6.45) is 0.638. The molecule has 5 heteroatoms. The lowest BCUT2D eigenvalue weighted by atomic mass is 10.1. The fraction of sp³-hybridized carbons (Fsp3) is 0.429. The Morgan fingerprint density at radius 2 is 1.84 bits per heavy atom. The summed E-state index contributed by atoms with van der Waals surface area (Å²) in [4.78, 5) is 24.9. The largest absolute Gasteiger partial charge is 0.497 e. The fourth-order valence-corrected chi connectivity index (χ4v) is 2.05. The van der Waals surface area contributed by atoms with Crippen molar-refractivity contribution in [1.82, 2.24) is 10.2 Å². The third kappa shape index (κ3) is 2.70. The number of hydrogen-bond acceptors (Lipinski definition) is 3. The molecule has 1 N–H and O–H groups in total. The molecule has 0 aromatic heterocycles. The smallest absolute Gasteiger partial charge is 0.325 e. The Kier molecular flexibility index (Phi) is 3.46. The zero-order chi connectivity index (χ0) is 14.0. The number of imide groups is 1. The monoisotopic (exact) mass is 262 g/mol. The molecule has 19 heavy (non-hydrogen) atoms. The Labute approximate surface area is 112 Å². The van der Waals surface area contributed by atoms with Gasteiger partial charge in [-0.3, -0.25) is 9.69 Å². The van der Waals surface area contributed by atoms with Gasteiger partial charge in [0.1, 0.15) is 11.3 Å². The summed E-state index contributed by atoms with van der Waals surface area (Å²) >= 11 is 0. The summed E-state index contributed by atoms with van der Waals surface area (Å²) in [5, 5.41) is 2.66. The summed E-state index contributed by atoms with van der Waals surface area (Å²) in [5.41, 5.74) is 0.267. The summed E-state index contributed by atoms with van der Waals surface area (Å²) < 4.78 is 5.08. The van der Waals surface area contributed by atoms with Crippen molar-refractivity contribution >= 4 is 11.9 Å². The molecule has 0 spiro atoms. The van der Waals surface area contributed by atoms with Gasteiger partial charge in [0.05, 0.1) is 7.11 Å². The molecule has 102 valence electrons. The van der Waals surface area contributed by atoms with Crippen molar-refractivity contribution < 1.29 is 14.3 Å². The van der Waals surface area contributed by atoms with Crippen LogP contribution >= 0.6 is 0 Å². The minimum absolute atomic E-state index is 0.175. The maximum atomic E-state index is 12.0. The Hall–Kier alpha value is -2.04. The Morgan fingerprint density at radius 3 is 2.32 bits per heavy atom. The molecule has 0 radical (unpaired) electrons. The summed E-state index contributed by atoms with van der Waals surface area (Å²) in [6.45, 7) is 3.81. The van der Waals surface area contributed by atoms with E-state index in [0.29, 0.717) is 13.0 Å². The van der Waals surface area contributed by atoms with E-state index in [1.54, 1.807) is 21.0 Å². The van der Waals surface area contributed by atoms with Crippen molar-refractivity contribution in [3.05, 3.63) is 29.8 Å². The van der Waals surface area contributed by atoms with Crippen LogP contribution in [0.4, 0.5) is 4.79 Å². The van der Waals surface area contributed by atoms with Gasteiger partial charge in [-0.25, -0.2) is 4.79 Å². The molecule has 5 nitrogen and oxygen atoms in total. The molecule has 1 aliphatic heterocycles. The number of nitrogens with one attached hydrogen (secondary N) is 1. The van der Waals surface area contributed by atoms with E-state index >= 15 is 0 Å². The number of methoxy groups -OCH3 is 1. The molecule has 1 aliphatic rings. The van der Waals surface area contributed by atoms with Crippen LogP contribution in [0, 0.1) is 0 Å². The number of rotatable bonds is 4. The maximum Gasteiger partial charge on any atom is 0.325 e. The molecule has 1 heterocycles. The van der Waals surface area contributed by atoms with Crippen molar-refractivity contribution in [3.63, 3.8) is 0 Å². The average Bonchev–Trinajstić information content (AvgIpc) is 2.57. The van der Waals surface area contributed by atoms with Crippen LogP contribution in [0.3, 0.4) is 0 Å². The molecule has 0 bridgehead atoms. The Morgan fingerprint density at radius 1 is 1.21 bits per heavy atom. The molecular weight excluding hydrogens is 244 g/mol. The quantitative estimate of drug-likeness (QED) is 0.838. The van der Waals surface area contributed by atoms with E-state index in [4.69, 9.17) is 4.74 Å². The summed E-state index contributed by atoms with van der Waals surface area (Å²) in [7, 11) is 1.62. The third-order valence-corrected chi connectivity index (χ3v) is 3.23. The SMILES string of the molecule is COc1ccc(CCN2C(=O)NC(C)(C)C2=O)cc1. The highest BCUT2D eigenvalue weighted by atomic mass is 16.5. The lowest BCUT2D eigenvalue weighted by Gasteiger charge is -2.15. The third-order valence-electron chi connectivity index (χ3n) is 3.23. The second-order valence-corrected chi connectivity index (χ2v) is 5.11. The van der Waals surface area contributed by atoms with Crippen LogP contribution < -0.4 is 10.1 Å². The summed E-state index contributed by atoms with van der Waals surface area (Å²) in [5.74, 6) is 0.617. The molecule has 1 aromatic rings. The van der Waals surface area contributed by atoms with Crippen molar-refractivity contribution in [2.75, 3.05) is 13.7 Å². The van der Waals surface area contributed by atoms with E-state index in [0.717, 1.165) is 11.3 Å². The molecule has 0 atom stereocenters. The van der Waals surface area contributed by atoms with Gasteiger partial charge >= 0.3 is 6.03 Å². The predicted molar refractivity (Wildman–Crippen MR) is 71.0 cm³/mol. The lowest BCUT2D eigenvalue weighted by molar-refractivity contribution is -0.130. The first-order valence-corrected chi connectivity index (χ1v) is 6.21. The average molecular weight is 262 g/mol. The molecule has 1 saturated heterocycles. The molecular formula is C14H18N2O3. The minimum atomic E-state index is -0.795. The zero-order valence-corrected chi connectivity index (χ0v) is 11.4. The van der Waals surface area contributed by atoms with E-state index in [1.165, 1.54) is 4.90 Å².